The first kappa shape index (κ1) is 7.44. The van der Waals surface area contributed by atoms with E-state index in [-0.39, 0.29) is 0 Å². The fourth-order valence-electron chi connectivity index (χ4n) is 0.616. The minimum atomic E-state index is 0.417. The molecule has 1 aromatic rings. The van der Waals surface area contributed by atoms with Crippen LogP contribution in [0, 0.1) is 0 Å². The van der Waals surface area contributed by atoms with Gasteiger partial charge in [0, 0.05) is 6.42 Å². The van der Waals surface area contributed by atoms with E-state index in [4.69, 9.17) is 17.3 Å². The Labute approximate surface area is 64.2 Å². The van der Waals surface area contributed by atoms with Gasteiger partial charge >= 0.3 is 0 Å². The standard InChI is InChI=1S/C6H8ClN3/c7-6-4-9-5(1-2-8)3-10-6/h3-4H,1-2,8H2. The Morgan fingerprint density at radius 2 is 2.20 bits per heavy atom. The van der Waals surface area contributed by atoms with Gasteiger partial charge in [-0.1, -0.05) is 11.6 Å². The molecule has 0 fully saturated rings. The highest BCUT2D eigenvalue weighted by atomic mass is 35.5. The zero-order valence-corrected chi connectivity index (χ0v) is 6.17. The summed E-state index contributed by atoms with van der Waals surface area (Å²) in [4.78, 5) is 7.84. The van der Waals surface area contributed by atoms with Gasteiger partial charge in [-0.05, 0) is 6.54 Å². The van der Waals surface area contributed by atoms with Crippen LogP contribution in [0.4, 0.5) is 0 Å². The van der Waals surface area contributed by atoms with Crippen molar-refractivity contribution >= 4 is 11.6 Å². The summed E-state index contributed by atoms with van der Waals surface area (Å²) in [6.45, 7) is 0.594. The van der Waals surface area contributed by atoms with E-state index in [9.17, 15) is 0 Å². The summed E-state index contributed by atoms with van der Waals surface area (Å²) in [7, 11) is 0. The molecule has 0 aliphatic heterocycles. The molecule has 1 heterocycles. The molecule has 0 unspecified atom stereocenters. The van der Waals surface area contributed by atoms with Crippen LogP contribution in [0.2, 0.25) is 5.15 Å². The van der Waals surface area contributed by atoms with Crippen molar-refractivity contribution in [3.8, 4) is 0 Å². The minimum absolute atomic E-state index is 0.417. The van der Waals surface area contributed by atoms with Gasteiger partial charge in [-0.25, -0.2) is 4.98 Å². The fourth-order valence-corrected chi connectivity index (χ4v) is 0.714. The lowest BCUT2D eigenvalue weighted by molar-refractivity contribution is 0.908. The smallest absolute Gasteiger partial charge is 0.147 e. The third kappa shape index (κ3) is 1.93. The molecule has 0 bridgehead atoms. The lowest BCUT2D eigenvalue weighted by Crippen LogP contribution is -2.04. The van der Waals surface area contributed by atoms with Crippen molar-refractivity contribution in [3.05, 3.63) is 23.2 Å². The lowest BCUT2D eigenvalue weighted by Gasteiger charge is -1.94. The van der Waals surface area contributed by atoms with Crippen LogP contribution < -0.4 is 5.73 Å². The molecule has 0 spiro atoms. The van der Waals surface area contributed by atoms with E-state index in [0.29, 0.717) is 11.7 Å². The molecule has 1 rings (SSSR count). The molecular weight excluding hydrogens is 150 g/mol. The van der Waals surface area contributed by atoms with E-state index in [1.54, 1.807) is 6.20 Å². The number of aromatic nitrogens is 2. The quantitative estimate of drug-likeness (QED) is 0.685. The van der Waals surface area contributed by atoms with E-state index in [2.05, 4.69) is 9.97 Å². The van der Waals surface area contributed by atoms with Crippen molar-refractivity contribution in [3.63, 3.8) is 0 Å². The molecule has 3 nitrogen and oxygen atoms in total. The fraction of sp³-hybridized carbons (Fsp3) is 0.333. The van der Waals surface area contributed by atoms with Crippen LogP contribution in [-0.2, 0) is 6.42 Å². The summed E-state index contributed by atoms with van der Waals surface area (Å²) in [5, 5.41) is 0.417. The Balaban J connectivity index is 2.69. The summed E-state index contributed by atoms with van der Waals surface area (Å²) in [6.07, 6.45) is 3.91. The van der Waals surface area contributed by atoms with Gasteiger partial charge in [0.25, 0.3) is 0 Å². The van der Waals surface area contributed by atoms with Gasteiger partial charge in [0.05, 0.1) is 18.1 Å². The molecule has 0 atom stereocenters. The zero-order valence-electron chi connectivity index (χ0n) is 5.42. The Kier molecular flexibility index (Phi) is 2.59. The number of nitrogens with two attached hydrogens (primary N) is 1. The predicted octanol–water partition coefficient (Wildman–Crippen LogP) is 0.631. The zero-order chi connectivity index (χ0) is 7.40. The maximum atomic E-state index is 5.51. The van der Waals surface area contributed by atoms with Crippen LogP contribution in [0.5, 0.6) is 0 Å². The second-order valence-corrected chi connectivity index (χ2v) is 2.26. The molecule has 0 aromatic carbocycles. The Bertz CT molecular complexity index is 197. The minimum Gasteiger partial charge on any atom is -0.330 e. The second-order valence-electron chi connectivity index (χ2n) is 1.87. The van der Waals surface area contributed by atoms with Crippen molar-refractivity contribution in [2.75, 3.05) is 6.54 Å². The van der Waals surface area contributed by atoms with Crippen molar-refractivity contribution in [2.45, 2.75) is 6.42 Å². The molecule has 54 valence electrons. The lowest BCUT2D eigenvalue weighted by atomic mass is 10.3. The monoisotopic (exact) mass is 157 g/mol. The van der Waals surface area contributed by atoms with Gasteiger partial charge in [0.2, 0.25) is 0 Å². The summed E-state index contributed by atoms with van der Waals surface area (Å²) in [5.41, 5.74) is 6.18. The molecule has 10 heavy (non-hydrogen) atoms. The summed E-state index contributed by atoms with van der Waals surface area (Å²) in [5.74, 6) is 0. The molecule has 0 aliphatic carbocycles. The highest BCUT2D eigenvalue weighted by Crippen LogP contribution is 2.00. The number of halogens is 1. The van der Waals surface area contributed by atoms with Gasteiger partial charge in [0.15, 0.2) is 0 Å². The first-order chi connectivity index (χ1) is 4.83. The van der Waals surface area contributed by atoms with E-state index in [0.717, 1.165) is 12.1 Å². The van der Waals surface area contributed by atoms with Gasteiger partial charge in [0.1, 0.15) is 5.15 Å². The average molecular weight is 158 g/mol. The highest BCUT2D eigenvalue weighted by molar-refractivity contribution is 6.29. The van der Waals surface area contributed by atoms with Crippen molar-refractivity contribution in [1.29, 1.82) is 0 Å². The Morgan fingerprint density at radius 1 is 1.40 bits per heavy atom. The van der Waals surface area contributed by atoms with Crippen LogP contribution in [0.1, 0.15) is 5.69 Å². The normalized spacial score (nSPS) is 9.80. The molecule has 0 amide bonds. The van der Waals surface area contributed by atoms with Gasteiger partial charge in [-0.3, -0.25) is 4.98 Å². The summed E-state index contributed by atoms with van der Waals surface area (Å²) < 4.78 is 0. The third-order valence-electron chi connectivity index (χ3n) is 1.07. The largest absolute Gasteiger partial charge is 0.330 e. The predicted molar refractivity (Wildman–Crippen MR) is 39.8 cm³/mol. The van der Waals surface area contributed by atoms with Gasteiger partial charge in [-0.2, -0.15) is 0 Å². The van der Waals surface area contributed by atoms with Gasteiger partial charge < -0.3 is 5.73 Å². The van der Waals surface area contributed by atoms with Crippen LogP contribution in [0.15, 0.2) is 12.4 Å². The number of hydrogen-bond donors (Lipinski definition) is 1. The topological polar surface area (TPSA) is 51.8 Å². The molecule has 0 saturated carbocycles. The number of hydrogen-bond acceptors (Lipinski definition) is 3. The van der Waals surface area contributed by atoms with Crippen molar-refractivity contribution < 1.29 is 0 Å². The van der Waals surface area contributed by atoms with E-state index >= 15 is 0 Å². The van der Waals surface area contributed by atoms with E-state index < -0.39 is 0 Å². The number of nitrogens with zero attached hydrogens (tertiary/aromatic N) is 2. The Hall–Kier alpha value is -0.670. The van der Waals surface area contributed by atoms with E-state index in [1.165, 1.54) is 6.20 Å². The average Bonchev–Trinajstić information content (AvgIpc) is 1.95. The van der Waals surface area contributed by atoms with Crippen molar-refractivity contribution in [2.24, 2.45) is 5.73 Å². The van der Waals surface area contributed by atoms with E-state index in [1.807, 2.05) is 0 Å². The maximum absolute atomic E-state index is 5.51. The van der Waals surface area contributed by atoms with Crippen LogP contribution in [0.3, 0.4) is 0 Å². The van der Waals surface area contributed by atoms with Crippen LogP contribution in [-0.4, -0.2) is 16.5 Å². The van der Waals surface area contributed by atoms with Crippen LogP contribution in [0.25, 0.3) is 0 Å². The SMILES string of the molecule is NCCc1cnc(Cl)cn1. The molecular formula is C6H8ClN3. The molecule has 0 radical (unpaired) electrons. The molecule has 0 aliphatic rings. The van der Waals surface area contributed by atoms with Gasteiger partial charge in [-0.15, -0.1) is 0 Å². The summed E-state index contributed by atoms with van der Waals surface area (Å²) >= 11 is 5.51. The van der Waals surface area contributed by atoms with Crippen molar-refractivity contribution in [1.82, 2.24) is 9.97 Å². The third-order valence-corrected chi connectivity index (χ3v) is 1.27. The maximum Gasteiger partial charge on any atom is 0.147 e. The number of rotatable bonds is 2. The Morgan fingerprint density at radius 3 is 2.70 bits per heavy atom. The molecule has 2 N–H and O–H groups in total. The van der Waals surface area contributed by atoms with Crippen LogP contribution >= 0.6 is 11.6 Å². The summed E-state index contributed by atoms with van der Waals surface area (Å²) in [6, 6.07) is 0. The first-order valence-electron chi connectivity index (χ1n) is 2.99. The molecule has 0 saturated heterocycles. The molecule has 4 heteroatoms. The highest BCUT2D eigenvalue weighted by Gasteiger charge is 1.92. The second kappa shape index (κ2) is 3.49. The first-order valence-corrected chi connectivity index (χ1v) is 3.37. The molecule has 1 aromatic heterocycles.